The second-order valence-electron chi connectivity index (χ2n) is 3.87. The second-order valence-corrected chi connectivity index (χ2v) is 3.87. The zero-order chi connectivity index (χ0) is 11.4. The van der Waals surface area contributed by atoms with E-state index in [-0.39, 0.29) is 24.5 Å². The van der Waals surface area contributed by atoms with Crippen molar-refractivity contribution in [3.05, 3.63) is 71.8 Å². The van der Waals surface area contributed by atoms with Gasteiger partial charge in [-0.3, -0.25) is 0 Å². The highest BCUT2D eigenvalue weighted by atomic mass is 35.5. The van der Waals surface area contributed by atoms with Crippen LogP contribution in [-0.4, -0.2) is 0 Å². The highest BCUT2D eigenvalue weighted by Gasteiger charge is 2.16. The van der Waals surface area contributed by atoms with Gasteiger partial charge in [0.25, 0.3) is 0 Å². The van der Waals surface area contributed by atoms with Crippen LogP contribution in [0, 0.1) is 0 Å². The lowest BCUT2D eigenvalue weighted by molar-refractivity contribution is 0.574. The fourth-order valence-electron chi connectivity index (χ4n) is 1.77. The Morgan fingerprint density at radius 3 is 1.18 bits per heavy atom. The average molecular weight is 249 g/mol. The van der Waals surface area contributed by atoms with E-state index < -0.39 is 0 Å². The molecular weight excluding hydrogens is 232 g/mol. The number of hydrogen-bond acceptors (Lipinski definition) is 2. The van der Waals surface area contributed by atoms with Gasteiger partial charge in [-0.25, -0.2) is 0 Å². The SMILES string of the molecule is Cl.NC(c1ccccc1)C(N)c1ccccc1. The zero-order valence-electron chi connectivity index (χ0n) is 9.49. The number of benzene rings is 2. The van der Waals surface area contributed by atoms with Crippen molar-refractivity contribution in [2.24, 2.45) is 11.5 Å². The first-order chi connectivity index (χ1) is 7.79. The first-order valence-electron chi connectivity index (χ1n) is 5.40. The number of hydrogen-bond donors (Lipinski definition) is 2. The Hall–Kier alpha value is -1.35. The maximum Gasteiger partial charge on any atom is 0.0491 e. The van der Waals surface area contributed by atoms with Gasteiger partial charge < -0.3 is 11.5 Å². The molecule has 2 nitrogen and oxygen atoms in total. The highest BCUT2D eigenvalue weighted by molar-refractivity contribution is 5.85. The predicted molar refractivity (Wildman–Crippen MR) is 74.0 cm³/mol. The van der Waals surface area contributed by atoms with Crippen molar-refractivity contribution in [3.8, 4) is 0 Å². The lowest BCUT2D eigenvalue weighted by atomic mass is 9.95. The van der Waals surface area contributed by atoms with Crippen LogP contribution in [0.5, 0.6) is 0 Å². The molecule has 2 unspecified atom stereocenters. The molecule has 0 aliphatic carbocycles. The number of rotatable bonds is 3. The van der Waals surface area contributed by atoms with Gasteiger partial charge in [0.1, 0.15) is 0 Å². The van der Waals surface area contributed by atoms with Gasteiger partial charge in [-0.05, 0) is 11.1 Å². The first-order valence-corrected chi connectivity index (χ1v) is 5.40. The molecule has 90 valence electrons. The van der Waals surface area contributed by atoms with Crippen LogP contribution < -0.4 is 11.5 Å². The Kier molecular flexibility index (Phi) is 5.16. The minimum atomic E-state index is -0.163. The van der Waals surface area contributed by atoms with Crippen molar-refractivity contribution in [1.29, 1.82) is 0 Å². The van der Waals surface area contributed by atoms with Gasteiger partial charge in [-0.2, -0.15) is 0 Å². The van der Waals surface area contributed by atoms with Gasteiger partial charge in [0, 0.05) is 12.1 Å². The molecule has 2 atom stereocenters. The molecule has 2 rings (SSSR count). The molecule has 3 heteroatoms. The van der Waals surface area contributed by atoms with Crippen LogP contribution >= 0.6 is 12.4 Å². The summed E-state index contributed by atoms with van der Waals surface area (Å²) in [6.07, 6.45) is 0. The molecule has 0 saturated carbocycles. The summed E-state index contributed by atoms with van der Waals surface area (Å²) in [5, 5.41) is 0. The Morgan fingerprint density at radius 1 is 0.588 bits per heavy atom. The standard InChI is InChI=1S/C14H16N2.ClH/c15-13(11-7-3-1-4-8-11)14(16)12-9-5-2-6-10-12;/h1-10,13-14H,15-16H2;1H. The van der Waals surface area contributed by atoms with E-state index in [1.165, 1.54) is 0 Å². The third-order valence-corrected chi connectivity index (χ3v) is 2.76. The fourth-order valence-corrected chi connectivity index (χ4v) is 1.77. The average Bonchev–Trinajstić information content (AvgIpc) is 2.39. The molecule has 2 aromatic carbocycles. The topological polar surface area (TPSA) is 52.0 Å². The summed E-state index contributed by atoms with van der Waals surface area (Å²) in [5.74, 6) is 0. The zero-order valence-corrected chi connectivity index (χ0v) is 10.3. The van der Waals surface area contributed by atoms with Gasteiger partial charge >= 0.3 is 0 Å². The maximum atomic E-state index is 6.15. The summed E-state index contributed by atoms with van der Waals surface area (Å²) in [5.41, 5.74) is 14.4. The lowest BCUT2D eigenvalue weighted by Crippen LogP contribution is -2.26. The molecule has 0 aromatic heterocycles. The maximum absolute atomic E-state index is 6.15. The Balaban J connectivity index is 0.00000144. The van der Waals surface area contributed by atoms with Crippen molar-refractivity contribution < 1.29 is 0 Å². The minimum absolute atomic E-state index is 0. The second kappa shape index (κ2) is 6.40. The summed E-state index contributed by atoms with van der Waals surface area (Å²) in [6, 6.07) is 19.6. The van der Waals surface area contributed by atoms with Crippen molar-refractivity contribution in [2.75, 3.05) is 0 Å². The molecule has 0 radical (unpaired) electrons. The van der Waals surface area contributed by atoms with Crippen molar-refractivity contribution in [3.63, 3.8) is 0 Å². The van der Waals surface area contributed by atoms with E-state index in [9.17, 15) is 0 Å². The summed E-state index contributed by atoms with van der Waals surface area (Å²) in [7, 11) is 0. The molecule has 0 saturated heterocycles. The van der Waals surface area contributed by atoms with Crippen LogP contribution in [0.15, 0.2) is 60.7 Å². The minimum Gasteiger partial charge on any atom is -0.322 e. The molecule has 0 aliphatic rings. The van der Waals surface area contributed by atoms with Crippen LogP contribution in [-0.2, 0) is 0 Å². The van der Waals surface area contributed by atoms with Gasteiger partial charge in [0.05, 0.1) is 0 Å². The summed E-state index contributed by atoms with van der Waals surface area (Å²) < 4.78 is 0. The molecule has 0 aliphatic heterocycles. The number of halogens is 1. The quantitative estimate of drug-likeness (QED) is 0.878. The molecule has 0 heterocycles. The highest BCUT2D eigenvalue weighted by Crippen LogP contribution is 2.23. The van der Waals surface area contributed by atoms with Gasteiger partial charge in [0.15, 0.2) is 0 Å². The molecule has 17 heavy (non-hydrogen) atoms. The molecule has 0 amide bonds. The van der Waals surface area contributed by atoms with E-state index in [1.807, 2.05) is 60.7 Å². The molecule has 2 aromatic rings. The fraction of sp³-hybridized carbons (Fsp3) is 0.143. The Morgan fingerprint density at radius 2 is 0.882 bits per heavy atom. The third kappa shape index (κ3) is 3.30. The number of nitrogens with two attached hydrogens (primary N) is 2. The van der Waals surface area contributed by atoms with Crippen molar-refractivity contribution in [1.82, 2.24) is 0 Å². The third-order valence-electron chi connectivity index (χ3n) is 2.76. The molecule has 0 bridgehead atoms. The van der Waals surface area contributed by atoms with Crippen molar-refractivity contribution in [2.45, 2.75) is 12.1 Å². The van der Waals surface area contributed by atoms with E-state index >= 15 is 0 Å². The van der Waals surface area contributed by atoms with E-state index in [0.717, 1.165) is 11.1 Å². The molecular formula is C14H17ClN2. The first kappa shape index (κ1) is 13.7. The summed E-state index contributed by atoms with van der Waals surface area (Å²) in [6.45, 7) is 0. The van der Waals surface area contributed by atoms with Crippen LogP contribution in [0.1, 0.15) is 23.2 Å². The van der Waals surface area contributed by atoms with Gasteiger partial charge in [-0.15, -0.1) is 12.4 Å². The monoisotopic (exact) mass is 248 g/mol. The van der Waals surface area contributed by atoms with E-state index in [0.29, 0.717) is 0 Å². The smallest absolute Gasteiger partial charge is 0.0491 e. The Bertz CT molecular complexity index is 387. The van der Waals surface area contributed by atoms with Crippen LogP contribution in [0.25, 0.3) is 0 Å². The van der Waals surface area contributed by atoms with Crippen LogP contribution in [0.4, 0.5) is 0 Å². The molecule has 4 N–H and O–H groups in total. The normalized spacial score (nSPS) is 13.5. The van der Waals surface area contributed by atoms with E-state index in [2.05, 4.69) is 0 Å². The van der Waals surface area contributed by atoms with Crippen molar-refractivity contribution >= 4 is 12.4 Å². The molecule has 0 spiro atoms. The van der Waals surface area contributed by atoms with Gasteiger partial charge in [-0.1, -0.05) is 60.7 Å². The summed E-state index contributed by atoms with van der Waals surface area (Å²) in [4.78, 5) is 0. The largest absolute Gasteiger partial charge is 0.322 e. The van der Waals surface area contributed by atoms with E-state index in [4.69, 9.17) is 11.5 Å². The van der Waals surface area contributed by atoms with Crippen LogP contribution in [0.2, 0.25) is 0 Å². The lowest BCUT2D eigenvalue weighted by Gasteiger charge is -2.20. The predicted octanol–water partition coefficient (Wildman–Crippen LogP) is 2.81. The summed E-state index contributed by atoms with van der Waals surface area (Å²) >= 11 is 0. The van der Waals surface area contributed by atoms with Crippen LogP contribution in [0.3, 0.4) is 0 Å². The molecule has 0 fully saturated rings. The van der Waals surface area contributed by atoms with E-state index in [1.54, 1.807) is 0 Å². The Labute approximate surface area is 108 Å². The van der Waals surface area contributed by atoms with Gasteiger partial charge in [0.2, 0.25) is 0 Å².